The van der Waals surface area contributed by atoms with Crippen LogP contribution in [0.3, 0.4) is 0 Å². The summed E-state index contributed by atoms with van der Waals surface area (Å²) in [4.78, 5) is 0. The Bertz CT molecular complexity index is 1070. The van der Waals surface area contributed by atoms with Crippen molar-refractivity contribution in [2.24, 2.45) is 0 Å². The van der Waals surface area contributed by atoms with Crippen LogP contribution in [0.1, 0.15) is 16.8 Å². The van der Waals surface area contributed by atoms with Crippen LogP contribution >= 0.6 is 7.14 Å². The highest BCUT2D eigenvalue weighted by Gasteiger charge is 2.32. The molecule has 4 aromatic rings. The summed E-state index contributed by atoms with van der Waals surface area (Å²) in [6.45, 7) is 1.91. The molecule has 0 saturated carbocycles. The first-order chi connectivity index (χ1) is 13.7. The zero-order chi connectivity index (χ0) is 19.4. The van der Waals surface area contributed by atoms with Crippen LogP contribution in [0.2, 0.25) is 0 Å². The van der Waals surface area contributed by atoms with Gasteiger partial charge in [0.2, 0.25) is 0 Å². The van der Waals surface area contributed by atoms with E-state index in [0.717, 1.165) is 16.4 Å². The van der Waals surface area contributed by atoms with Crippen LogP contribution in [-0.4, -0.2) is 6.66 Å². The third kappa shape index (κ3) is 3.72. The smallest absolute Gasteiger partial charge is 0.124 e. The van der Waals surface area contributed by atoms with Gasteiger partial charge in [-0.25, -0.2) is 0 Å². The first-order valence-electron chi connectivity index (χ1n) is 9.49. The summed E-state index contributed by atoms with van der Waals surface area (Å²) >= 11 is 0. The molecule has 28 heavy (non-hydrogen) atoms. The molecule has 4 rings (SSSR count). The van der Waals surface area contributed by atoms with Crippen LogP contribution in [0.15, 0.2) is 115 Å². The maximum atomic E-state index is 14.1. The fourth-order valence-electron chi connectivity index (χ4n) is 3.76. The molecule has 0 aromatic heterocycles. The monoisotopic (exact) mass is 382 g/mol. The van der Waals surface area contributed by atoms with E-state index in [1.54, 1.807) is 0 Å². The normalized spacial score (nSPS) is 14.2. The molecule has 0 aliphatic carbocycles. The Morgan fingerprint density at radius 2 is 0.964 bits per heavy atom. The minimum absolute atomic E-state index is 0.166. The third-order valence-electron chi connectivity index (χ3n) is 5.21. The van der Waals surface area contributed by atoms with Crippen LogP contribution in [0.5, 0.6) is 0 Å². The van der Waals surface area contributed by atoms with Crippen molar-refractivity contribution in [2.45, 2.75) is 5.66 Å². The van der Waals surface area contributed by atoms with Crippen LogP contribution in [-0.2, 0) is 4.57 Å². The molecule has 2 heteroatoms. The minimum Gasteiger partial charge on any atom is -0.318 e. The highest BCUT2D eigenvalue weighted by atomic mass is 31.2. The van der Waals surface area contributed by atoms with Crippen LogP contribution in [0, 0.1) is 0 Å². The Morgan fingerprint density at radius 3 is 1.54 bits per heavy atom. The largest absolute Gasteiger partial charge is 0.318 e. The van der Waals surface area contributed by atoms with Gasteiger partial charge in [0.05, 0.1) is 5.66 Å². The molecule has 0 aliphatic heterocycles. The molecule has 0 saturated heterocycles. The van der Waals surface area contributed by atoms with E-state index in [-0.39, 0.29) is 5.66 Å². The zero-order valence-corrected chi connectivity index (χ0v) is 16.8. The molecule has 0 aliphatic rings. The Hall–Kier alpha value is -2.89. The molecule has 0 spiro atoms. The maximum Gasteiger partial charge on any atom is 0.124 e. The van der Waals surface area contributed by atoms with Gasteiger partial charge in [-0.15, -0.1) is 0 Å². The summed E-state index contributed by atoms with van der Waals surface area (Å²) in [6, 6.07) is 38.9. The van der Waals surface area contributed by atoms with Crippen molar-refractivity contribution in [1.82, 2.24) is 0 Å². The van der Waals surface area contributed by atoms with E-state index in [9.17, 15) is 4.57 Å². The fourth-order valence-corrected chi connectivity index (χ4v) is 6.30. The minimum atomic E-state index is -2.69. The van der Waals surface area contributed by atoms with Gasteiger partial charge in [-0.1, -0.05) is 115 Å². The lowest BCUT2D eigenvalue weighted by molar-refractivity contribution is 0.580. The molecular weight excluding hydrogens is 359 g/mol. The standard InChI is InChI=1S/C26H23OP/c1-28(27,25-15-9-4-10-16-25)26(23-13-7-3-8-14-23)24-19-17-22(18-20-24)21-11-5-2-6-12-21/h2-20,26H,1H3. The van der Waals surface area contributed by atoms with Gasteiger partial charge in [-0.3, -0.25) is 0 Å². The third-order valence-corrected chi connectivity index (χ3v) is 8.12. The van der Waals surface area contributed by atoms with Gasteiger partial charge in [0, 0.05) is 5.30 Å². The number of hydrogen-bond donors (Lipinski definition) is 0. The van der Waals surface area contributed by atoms with E-state index in [2.05, 4.69) is 48.5 Å². The summed E-state index contributed by atoms with van der Waals surface area (Å²) in [5.41, 5.74) is 4.36. The predicted octanol–water partition coefficient (Wildman–Crippen LogP) is 6.76. The second-order valence-electron chi connectivity index (χ2n) is 7.13. The van der Waals surface area contributed by atoms with E-state index in [1.165, 1.54) is 11.1 Å². The van der Waals surface area contributed by atoms with E-state index >= 15 is 0 Å². The van der Waals surface area contributed by atoms with E-state index in [0.29, 0.717) is 0 Å². The number of benzene rings is 4. The van der Waals surface area contributed by atoms with Crippen LogP contribution < -0.4 is 5.30 Å². The van der Waals surface area contributed by atoms with E-state index < -0.39 is 7.14 Å². The summed E-state index contributed by atoms with van der Waals surface area (Å²) in [5.74, 6) is 0. The molecule has 0 bridgehead atoms. The Kier molecular flexibility index (Phi) is 5.28. The lowest BCUT2D eigenvalue weighted by atomic mass is 10.00. The molecule has 2 atom stereocenters. The quantitative estimate of drug-likeness (QED) is 0.348. The van der Waals surface area contributed by atoms with Gasteiger partial charge >= 0.3 is 0 Å². The topological polar surface area (TPSA) is 17.1 Å². The fraction of sp³-hybridized carbons (Fsp3) is 0.0769. The average molecular weight is 382 g/mol. The first kappa shape index (κ1) is 18.5. The molecule has 0 fully saturated rings. The van der Waals surface area contributed by atoms with Gasteiger partial charge in [0.1, 0.15) is 7.14 Å². The van der Waals surface area contributed by atoms with Crippen molar-refractivity contribution in [1.29, 1.82) is 0 Å². The maximum absolute atomic E-state index is 14.1. The van der Waals surface area contributed by atoms with Gasteiger partial charge in [0.25, 0.3) is 0 Å². The van der Waals surface area contributed by atoms with Crippen molar-refractivity contribution in [3.63, 3.8) is 0 Å². The number of hydrogen-bond acceptors (Lipinski definition) is 1. The van der Waals surface area contributed by atoms with Crippen molar-refractivity contribution >= 4 is 12.4 Å². The lowest BCUT2D eigenvalue weighted by Gasteiger charge is -2.26. The highest BCUT2D eigenvalue weighted by Crippen LogP contribution is 2.58. The highest BCUT2D eigenvalue weighted by molar-refractivity contribution is 7.71. The van der Waals surface area contributed by atoms with Crippen molar-refractivity contribution in [2.75, 3.05) is 6.66 Å². The lowest BCUT2D eigenvalue weighted by Crippen LogP contribution is -2.12. The van der Waals surface area contributed by atoms with Crippen molar-refractivity contribution < 1.29 is 4.57 Å². The summed E-state index contributed by atoms with van der Waals surface area (Å²) in [7, 11) is -2.69. The molecule has 0 radical (unpaired) electrons. The summed E-state index contributed by atoms with van der Waals surface area (Å²) < 4.78 is 14.1. The van der Waals surface area contributed by atoms with Gasteiger partial charge < -0.3 is 4.57 Å². The predicted molar refractivity (Wildman–Crippen MR) is 120 cm³/mol. The van der Waals surface area contributed by atoms with Gasteiger partial charge in [-0.2, -0.15) is 0 Å². The Morgan fingerprint density at radius 1 is 0.536 bits per heavy atom. The Balaban J connectivity index is 1.80. The molecule has 0 N–H and O–H groups in total. The SMILES string of the molecule is CP(=O)(c1ccccc1)C(c1ccccc1)c1ccc(-c2ccccc2)cc1. The van der Waals surface area contributed by atoms with Crippen LogP contribution in [0.25, 0.3) is 11.1 Å². The molecule has 0 amide bonds. The molecule has 2 unspecified atom stereocenters. The second kappa shape index (κ2) is 8.00. The first-order valence-corrected chi connectivity index (χ1v) is 11.7. The molecule has 0 heterocycles. The molecular formula is C26H23OP. The molecule has 138 valence electrons. The number of rotatable bonds is 5. The van der Waals surface area contributed by atoms with E-state index in [1.807, 2.05) is 73.4 Å². The van der Waals surface area contributed by atoms with Crippen molar-refractivity contribution in [3.05, 3.63) is 126 Å². The summed E-state index contributed by atoms with van der Waals surface area (Å²) in [5, 5.41) is 0.913. The van der Waals surface area contributed by atoms with E-state index in [4.69, 9.17) is 0 Å². The zero-order valence-electron chi connectivity index (χ0n) is 15.9. The average Bonchev–Trinajstić information content (AvgIpc) is 2.76. The van der Waals surface area contributed by atoms with Crippen molar-refractivity contribution in [3.8, 4) is 11.1 Å². The molecule has 4 aromatic carbocycles. The van der Waals surface area contributed by atoms with Gasteiger partial charge in [-0.05, 0) is 28.9 Å². The second-order valence-corrected chi connectivity index (χ2v) is 10.1. The Labute approximate surface area is 167 Å². The summed E-state index contributed by atoms with van der Waals surface area (Å²) in [6.07, 6.45) is 0. The van der Waals surface area contributed by atoms with Crippen LogP contribution in [0.4, 0.5) is 0 Å². The van der Waals surface area contributed by atoms with Gasteiger partial charge in [0.15, 0.2) is 0 Å². The molecule has 1 nitrogen and oxygen atoms in total.